The van der Waals surface area contributed by atoms with Crippen molar-refractivity contribution in [1.29, 1.82) is 0 Å². The number of carbonyl (C=O) groups excluding carboxylic acids is 1. The number of hydrogen-bond acceptors (Lipinski definition) is 3. The Hall–Kier alpha value is -1.80. The summed E-state index contributed by atoms with van der Waals surface area (Å²) in [5.74, 6) is -1.79. The SMILES string of the molecule is COCCNC(=O)C(C)n1c(=S)[nH]c2c(F)cc(F)cc21. The Bertz CT molecular complexity index is 726. The minimum absolute atomic E-state index is 0.0814. The van der Waals surface area contributed by atoms with E-state index in [-0.39, 0.29) is 21.7 Å². The monoisotopic (exact) mass is 315 g/mol. The van der Waals surface area contributed by atoms with Crippen LogP contribution in [0.4, 0.5) is 8.78 Å². The van der Waals surface area contributed by atoms with Crippen LogP contribution >= 0.6 is 12.2 Å². The molecule has 0 saturated heterocycles. The number of nitrogens with zero attached hydrogens (tertiary/aromatic N) is 1. The average molecular weight is 315 g/mol. The van der Waals surface area contributed by atoms with E-state index in [2.05, 4.69) is 10.3 Å². The lowest BCUT2D eigenvalue weighted by molar-refractivity contribution is -0.124. The number of aromatic amines is 1. The van der Waals surface area contributed by atoms with E-state index in [9.17, 15) is 13.6 Å². The standard InChI is InChI=1S/C13H15F2N3O2S/c1-7(12(19)16-3-4-20-2)18-10-6-8(14)5-9(15)11(10)17-13(18)21/h5-7H,3-4H2,1-2H3,(H,16,19)(H,17,21). The molecule has 2 aromatic rings. The summed E-state index contributed by atoms with van der Waals surface area (Å²) in [5, 5.41) is 2.66. The molecule has 0 aliphatic heterocycles. The lowest BCUT2D eigenvalue weighted by atomic mass is 10.2. The second kappa shape index (κ2) is 6.31. The number of rotatable bonds is 5. The first-order valence-corrected chi connectivity index (χ1v) is 6.72. The zero-order valence-electron chi connectivity index (χ0n) is 11.6. The van der Waals surface area contributed by atoms with Crippen molar-refractivity contribution in [2.75, 3.05) is 20.3 Å². The normalized spacial score (nSPS) is 12.6. The van der Waals surface area contributed by atoms with Gasteiger partial charge >= 0.3 is 0 Å². The predicted octanol–water partition coefficient (Wildman–Crippen LogP) is 2.30. The Labute approximate surface area is 124 Å². The molecule has 0 aliphatic rings. The summed E-state index contributed by atoms with van der Waals surface area (Å²) in [4.78, 5) is 14.7. The van der Waals surface area contributed by atoms with Crippen LogP contribution in [-0.4, -0.2) is 35.7 Å². The molecule has 5 nitrogen and oxygen atoms in total. The zero-order chi connectivity index (χ0) is 15.6. The number of halogens is 2. The van der Waals surface area contributed by atoms with Crippen molar-refractivity contribution in [2.45, 2.75) is 13.0 Å². The van der Waals surface area contributed by atoms with Crippen LogP contribution < -0.4 is 5.32 Å². The van der Waals surface area contributed by atoms with Gasteiger partial charge in [-0.2, -0.15) is 0 Å². The third-order valence-corrected chi connectivity index (χ3v) is 3.42. The molecule has 0 saturated carbocycles. The fourth-order valence-corrected chi connectivity index (χ4v) is 2.43. The summed E-state index contributed by atoms with van der Waals surface area (Å²) in [6.07, 6.45) is 0. The minimum atomic E-state index is -0.748. The quantitative estimate of drug-likeness (QED) is 0.657. The van der Waals surface area contributed by atoms with E-state index < -0.39 is 17.7 Å². The van der Waals surface area contributed by atoms with Gasteiger partial charge in [0.15, 0.2) is 10.6 Å². The molecule has 2 rings (SSSR count). The molecule has 114 valence electrons. The Morgan fingerprint density at radius 2 is 2.24 bits per heavy atom. The Morgan fingerprint density at radius 3 is 2.90 bits per heavy atom. The Balaban J connectivity index is 2.39. The summed E-state index contributed by atoms with van der Waals surface area (Å²) in [6, 6.07) is 1.20. The molecule has 21 heavy (non-hydrogen) atoms. The molecule has 0 bridgehead atoms. The van der Waals surface area contributed by atoms with Crippen LogP contribution in [0, 0.1) is 16.4 Å². The van der Waals surface area contributed by atoms with Crippen molar-refractivity contribution in [3.05, 3.63) is 28.5 Å². The number of nitrogens with one attached hydrogen (secondary N) is 2. The number of H-pyrrole nitrogens is 1. The largest absolute Gasteiger partial charge is 0.383 e. The highest BCUT2D eigenvalue weighted by atomic mass is 32.1. The summed E-state index contributed by atoms with van der Waals surface area (Å²) >= 11 is 5.10. The van der Waals surface area contributed by atoms with Crippen molar-refractivity contribution in [3.63, 3.8) is 0 Å². The van der Waals surface area contributed by atoms with Crippen LogP contribution in [0.5, 0.6) is 0 Å². The molecule has 1 unspecified atom stereocenters. The lowest BCUT2D eigenvalue weighted by Crippen LogP contribution is -2.33. The molecule has 1 aromatic carbocycles. The molecule has 0 fully saturated rings. The van der Waals surface area contributed by atoms with E-state index in [1.165, 1.54) is 11.7 Å². The van der Waals surface area contributed by atoms with Crippen molar-refractivity contribution < 1.29 is 18.3 Å². The predicted molar refractivity (Wildman–Crippen MR) is 76.6 cm³/mol. The maximum absolute atomic E-state index is 13.7. The van der Waals surface area contributed by atoms with E-state index in [1.807, 2.05) is 0 Å². The van der Waals surface area contributed by atoms with Gasteiger partial charge in [0.1, 0.15) is 17.4 Å². The number of aromatic nitrogens is 2. The zero-order valence-corrected chi connectivity index (χ0v) is 12.4. The third-order valence-electron chi connectivity index (χ3n) is 3.12. The molecule has 0 aliphatic carbocycles. The number of hydrogen-bond donors (Lipinski definition) is 2. The highest BCUT2D eigenvalue weighted by Gasteiger charge is 2.20. The second-order valence-corrected chi connectivity index (χ2v) is 4.93. The summed E-state index contributed by atoms with van der Waals surface area (Å²) in [6.45, 7) is 2.33. The molecule has 1 atom stereocenters. The van der Waals surface area contributed by atoms with E-state index in [0.29, 0.717) is 13.2 Å². The van der Waals surface area contributed by atoms with Crippen molar-refractivity contribution in [3.8, 4) is 0 Å². The maximum Gasteiger partial charge on any atom is 0.242 e. The summed E-state index contributed by atoms with van der Waals surface area (Å²) < 4.78 is 33.5. The van der Waals surface area contributed by atoms with Crippen LogP contribution in [0.1, 0.15) is 13.0 Å². The van der Waals surface area contributed by atoms with Crippen LogP contribution in [0.2, 0.25) is 0 Å². The fraction of sp³-hybridized carbons (Fsp3) is 0.385. The highest BCUT2D eigenvalue weighted by Crippen LogP contribution is 2.23. The maximum atomic E-state index is 13.7. The van der Waals surface area contributed by atoms with Crippen molar-refractivity contribution in [1.82, 2.24) is 14.9 Å². The minimum Gasteiger partial charge on any atom is -0.383 e. The fourth-order valence-electron chi connectivity index (χ4n) is 2.08. The van der Waals surface area contributed by atoms with Crippen LogP contribution in [0.15, 0.2) is 12.1 Å². The van der Waals surface area contributed by atoms with Crippen LogP contribution in [0.25, 0.3) is 11.0 Å². The van der Waals surface area contributed by atoms with Crippen molar-refractivity contribution >= 4 is 29.2 Å². The van der Waals surface area contributed by atoms with Gasteiger partial charge in [-0.3, -0.25) is 4.79 Å². The lowest BCUT2D eigenvalue weighted by Gasteiger charge is -2.14. The van der Waals surface area contributed by atoms with Crippen molar-refractivity contribution in [2.24, 2.45) is 0 Å². The smallest absolute Gasteiger partial charge is 0.242 e. The van der Waals surface area contributed by atoms with Gasteiger partial charge in [-0.25, -0.2) is 8.78 Å². The van der Waals surface area contributed by atoms with E-state index in [4.69, 9.17) is 17.0 Å². The molecular weight excluding hydrogens is 300 g/mol. The third kappa shape index (κ3) is 3.11. The number of ether oxygens (including phenoxy) is 1. The average Bonchev–Trinajstić information content (AvgIpc) is 2.74. The number of fused-ring (bicyclic) bond motifs is 1. The van der Waals surface area contributed by atoms with Crippen LogP contribution in [-0.2, 0) is 9.53 Å². The van der Waals surface area contributed by atoms with E-state index in [1.54, 1.807) is 6.92 Å². The molecule has 0 radical (unpaired) electrons. The topological polar surface area (TPSA) is 59.0 Å². The van der Waals surface area contributed by atoms with Crippen LogP contribution in [0.3, 0.4) is 0 Å². The molecular formula is C13H15F2N3O2S. The van der Waals surface area contributed by atoms with Gasteiger partial charge in [-0.1, -0.05) is 0 Å². The number of carbonyl (C=O) groups is 1. The van der Waals surface area contributed by atoms with Gasteiger partial charge in [-0.05, 0) is 25.2 Å². The summed E-state index contributed by atoms with van der Waals surface area (Å²) in [5.41, 5.74) is 0.296. The molecule has 2 N–H and O–H groups in total. The Kier molecular flexibility index (Phi) is 4.69. The van der Waals surface area contributed by atoms with E-state index >= 15 is 0 Å². The summed E-state index contributed by atoms with van der Waals surface area (Å²) in [7, 11) is 1.52. The highest BCUT2D eigenvalue weighted by molar-refractivity contribution is 7.71. The van der Waals surface area contributed by atoms with E-state index in [0.717, 1.165) is 12.1 Å². The van der Waals surface area contributed by atoms with Gasteiger partial charge < -0.3 is 19.6 Å². The first-order chi connectivity index (χ1) is 9.95. The first kappa shape index (κ1) is 15.6. The molecule has 8 heteroatoms. The number of methoxy groups -OCH3 is 1. The molecule has 0 spiro atoms. The molecule has 1 amide bonds. The van der Waals surface area contributed by atoms with Gasteiger partial charge in [0.25, 0.3) is 0 Å². The Morgan fingerprint density at radius 1 is 1.52 bits per heavy atom. The molecule has 1 aromatic heterocycles. The number of imidazole rings is 1. The van der Waals surface area contributed by atoms with Gasteiger partial charge in [0.2, 0.25) is 5.91 Å². The van der Waals surface area contributed by atoms with Gasteiger partial charge in [0.05, 0.1) is 12.1 Å². The second-order valence-electron chi connectivity index (χ2n) is 4.54. The van der Waals surface area contributed by atoms with Gasteiger partial charge in [0, 0.05) is 19.7 Å². The van der Waals surface area contributed by atoms with Gasteiger partial charge in [-0.15, -0.1) is 0 Å². The first-order valence-electron chi connectivity index (χ1n) is 6.31. The molecule has 1 heterocycles. The number of benzene rings is 1. The number of amides is 1.